The zero-order chi connectivity index (χ0) is 22.2. The van der Waals surface area contributed by atoms with Crippen molar-refractivity contribution in [2.45, 2.75) is 69.4 Å². The van der Waals surface area contributed by atoms with E-state index in [-0.39, 0.29) is 28.1 Å². The van der Waals surface area contributed by atoms with Crippen LogP contribution in [0, 0.1) is 11.2 Å². The number of nitrogens with one attached hydrogen (secondary N) is 1. The summed E-state index contributed by atoms with van der Waals surface area (Å²) in [6.07, 6.45) is 5.42. The number of nitrogens with two attached hydrogens (primary N) is 1. The van der Waals surface area contributed by atoms with E-state index in [2.05, 4.69) is 41.0 Å². The lowest BCUT2D eigenvalue weighted by molar-refractivity contribution is 0.117. The van der Waals surface area contributed by atoms with Crippen LogP contribution in [-0.2, 0) is 5.41 Å². The highest BCUT2D eigenvalue weighted by atomic mass is 35.5. The first-order valence-corrected chi connectivity index (χ1v) is 11.5. The van der Waals surface area contributed by atoms with E-state index < -0.39 is 11.2 Å². The average Bonchev–Trinajstić information content (AvgIpc) is 3.13. The molecule has 1 aliphatic carbocycles. The van der Waals surface area contributed by atoms with Gasteiger partial charge in [0.2, 0.25) is 0 Å². The molecule has 4 heterocycles. The molecular weight excluding hydrogens is 436 g/mol. The fourth-order valence-electron chi connectivity index (χ4n) is 6.36. The molecule has 5 nitrogen and oxygen atoms in total. The van der Waals surface area contributed by atoms with E-state index in [9.17, 15) is 0 Å². The van der Waals surface area contributed by atoms with Crippen LogP contribution in [0.4, 0.5) is 10.2 Å². The van der Waals surface area contributed by atoms with Gasteiger partial charge in [0.15, 0.2) is 16.8 Å². The van der Waals surface area contributed by atoms with Crippen LogP contribution in [0.3, 0.4) is 0 Å². The number of rotatable bonds is 1. The third-order valence-electron chi connectivity index (χ3n) is 7.79. The second-order valence-corrected chi connectivity index (χ2v) is 10.7. The van der Waals surface area contributed by atoms with Crippen LogP contribution in [-0.4, -0.2) is 27.4 Å². The number of pyridine rings is 2. The van der Waals surface area contributed by atoms with Gasteiger partial charge in [-0.2, -0.15) is 0 Å². The Balaban J connectivity index is 1.79. The SMILES string of the molecule is C[C@@H]1NC2(CCC(C)(C)CC2)[C@@]2(C(N)=Nc3nc(Cl)ccc32)[C@H]1c1ccnc(Cl)c1F. The molecule has 2 spiro atoms. The number of nitrogens with zero attached hydrogens (tertiary/aromatic N) is 3. The Morgan fingerprint density at radius 2 is 1.84 bits per heavy atom. The molecule has 8 heteroatoms. The van der Waals surface area contributed by atoms with Crippen molar-refractivity contribution in [3.05, 3.63) is 51.6 Å². The van der Waals surface area contributed by atoms with Crippen molar-refractivity contribution in [3.8, 4) is 0 Å². The van der Waals surface area contributed by atoms with Crippen LogP contribution in [0.2, 0.25) is 10.3 Å². The van der Waals surface area contributed by atoms with Gasteiger partial charge >= 0.3 is 0 Å². The first kappa shape index (κ1) is 21.1. The minimum atomic E-state index is -0.749. The predicted molar refractivity (Wildman–Crippen MR) is 122 cm³/mol. The first-order chi connectivity index (χ1) is 14.6. The maximum absolute atomic E-state index is 15.4. The summed E-state index contributed by atoms with van der Waals surface area (Å²) < 4.78 is 15.4. The third-order valence-corrected chi connectivity index (χ3v) is 8.26. The molecule has 164 valence electrons. The van der Waals surface area contributed by atoms with Crippen molar-refractivity contribution in [2.24, 2.45) is 16.1 Å². The molecule has 0 radical (unpaired) electrons. The van der Waals surface area contributed by atoms with E-state index in [1.54, 1.807) is 18.3 Å². The van der Waals surface area contributed by atoms with E-state index in [1.165, 1.54) is 0 Å². The fraction of sp³-hybridized carbons (Fsp3) is 0.522. The highest BCUT2D eigenvalue weighted by molar-refractivity contribution is 6.30. The summed E-state index contributed by atoms with van der Waals surface area (Å²) in [5.74, 6) is 0.169. The monoisotopic (exact) mass is 461 g/mol. The summed E-state index contributed by atoms with van der Waals surface area (Å²) >= 11 is 12.3. The normalized spacial score (nSPS) is 30.6. The Hall–Kier alpha value is -1.76. The molecule has 3 aliphatic rings. The van der Waals surface area contributed by atoms with Gasteiger partial charge in [-0.05, 0) is 55.7 Å². The van der Waals surface area contributed by atoms with Crippen molar-refractivity contribution in [3.63, 3.8) is 0 Å². The number of hydrogen-bond acceptors (Lipinski definition) is 5. The molecule has 2 aromatic rings. The molecule has 3 N–H and O–H groups in total. The summed E-state index contributed by atoms with van der Waals surface area (Å²) in [4.78, 5) is 13.1. The number of aromatic nitrogens is 2. The summed E-state index contributed by atoms with van der Waals surface area (Å²) in [6, 6.07) is 5.38. The Morgan fingerprint density at radius 3 is 2.55 bits per heavy atom. The summed E-state index contributed by atoms with van der Waals surface area (Å²) in [5, 5.41) is 4.10. The fourth-order valence-corrected chi connectivity index (χ4v) is 6.67. The minimum absolute atomic E-state index is 0.0652. The number of hydrogen-bond donors (Lipinski definition) is 2. The summed E-state index contributed by atoms with van der Waals surface area (Å²) in [7, 11) is 0. The van der Waals surface area contributed by atoms with Crippen LogP contribution in [0.25, 0.3) is 0 Å². The topological polar surface area (TPSA) is 76.2 Å². The molecular formula is C23H26Cl2FN5. The van der Waals surface area contributed by atoms with E-state index >= 15 is 4.39 Å². The number of aliphatic imine (C=N–C) groups is 1. The van der Waals surface area contributed by atoms with Crippen molar-refractivity contribution in [1.82, 2.24) is 15.3 Å². The van der Waals surface area contributed by atoms with Crippen LogP contribution >= 0.6 is 23.2 Å². The lowest BCUT2D eigenvalue weighted by atomic mass is 9.53. The quantitative estimate of drug-likeness (QED) is 0.566. The van der Waals surface area contributed by atoms with Crippen LogP contribution < -0.4 is 11.1 Å². The number of amidine groups is 1. The van der Waals surface area contributed by atoms with Gasteiger partial charge < -0.3 is 11.1 Å². The zero-order valence-electron chi connectivity index (χ0n) is 17.8. The largest absolute Gasteiger partial charge is 0.386 e. The second-order valence-electron chi connectivity index (χ2n) is 9.97. The van der Waals surface area contributed by atoms with Crippen molar-refractivity contribution >= 4 is 34.9 Å². The smallest absolute Gasteiger partial charge is 0.165 e. The van der Waals surface area contributed by atoms with E-state index in [0.29, 0.717) is 22.4 Å². The average molecular weight is 462 g/mol. The number of halogens is 3. The molecule has 2 aliphatic heterocycles. The molecule has 0 unspecified atom stereocenters. The van der Waals surface area contributed by atoms with E-state index in [4.69, 9.17) is 28.9 Å². The lowest BCUT2D eigenvalue weighted by Crippen LogP contribution is -2.62. The molecule has 1 saturated carbocycles. The molecule has 2 fully saturated rings. The van der Waals surface area contributed by atoms with Crippen LogP contribution in [0.1, 0.15) is 63.5 Å². The minimum Gasteiger partial charge on any atom is -0.386 e. The van der Waals surface area contributed by atoms with Gasteiger partial charge in [0.25, 0.3) is 0 Å². The molecule has 3 atom stereocenters. The maximum Gasteiger partial charge on any atom is 0.165 e. The Labute approximate surface area is 191 Å². The summed E-state index contributed by atoms with van der Waals surface area (Å²) in [6.45, 7) is 6.68. The molecule has 5 rings (SSSR count). The molecule has 1 saturated heterocycles. The van der Waals surface area contributed by atoms with Gasteiger partial charge in [-0.1, -0.05) is 43.1 Å². The molecule has 0 amide bonds. The van der Waals surface area contributed by atoms with Crippen LogP contribution in [0.15, 0.2) is 29.4 Å². The van der Waals surface area contributed by atoms with Gasteiger partial charge in [-0.3, -0.25) is 0 Å². The van der Waals surface area contributed by atoms with Gasteiger partial charge in [0.05, 0.1) is 5.41 Å². The van der Waals surface area contributed by atoms with Crippen molar-refractivity contribution in [1.29, 1.82) is 0 Å². The van der Waals surface area contributed by atoms with Gasteiger partial charge in [-0.25, -0.2) is 19.4 Å². The summed E-state index contributed by atoms with van der Waals surface area (Å²) in [5.41, 5.74) is 7.31. The standard InChI is InChI=1S/C23H26Cl2FN5/c1-12-16(13-6-11-28-18(25)17(13)26)23(22(31-12)9-7-21(2,3)8-10-22)14-4-5-15(24)29-19(14)30-20(23)27/h4-6,11-12,16,31H,7-10H2,1-3H3,(H2,27,29,30)/t12-,16+,23+/m0/s1. The van der Waals surface area contributed by atoms with Crippen molar-refractivity contribution in [2.75, 3.05) is 0 Å². The molecule has 0 aromatic carbocycles. The molecule has 31 heavy (non-hydrogen) atoms. The number of fused-ring (bicyclic) bond motifs is 3. The Bertz CT molecular complexity index is 1090. The zero-order valence-corrected chi connectivity index (χ0v) is 19.4. The van der Waals surface area contributed by atoms with Gasteiger partial charge in [0, 0.05) is 29.3 Å². The molecule has 2 aromatic heterocycles. The maximum atomic E-state index is 15.4. The first-order valence-electron chi connectivity index (χ1n) is 10.7. The van der Waals surface area contributed by atoms with Gasteiger partial charge in [0.1, 0.15) is 11.0 Å². The lowest BCUT2D eigenvalue weighted by Gasteiger charge is -2.51. The Morgan fingerprint density at radius 1 is 1.13 bits per heavy atom. The van der Waals surface area contributed by atoms with Crippen molar-refractivity contribution < 1.29 is 4.39 Å². The van der Waals surface area contributed by atoms with Crippen LogP contribution in [0.5, 0.6) is 0 Å². The van der Waals surface area contributed by atoms with Gasteiger partial charge in [-0.15, -0.1) is 0 Å². The van der Waals surface area contributed by atoms with E-state index in [0.717, 1.165) is 31.2 Å². The predicted octanol–water partition coefficient (Wildman–Crippen LogP) is 5.28. The van der Waals surface area contributed by atoms with E-state index in [1.807, 2.05) is 6.07 Å². The highest BCUT2D eigenvalue weighted by Crippen LogP contribution is 2.63. The third kappa shape index (κ3) is 2.81. The molecule has 0 bridgehead atoms. The Kier molecular flexibility index (Phi) is 4.68. The second kappa shape index (κ2) is 6.87. The highest BCUT2D eigenvalue weighted by Gasteiger charge is 2.69.